The molecule has 26 heavy (non-hydrogen) atoms. The number of amides is 1. The van der Waals surface area contributed by atoms with Gasteiger partial charge in [-0.05, 0) is 23.3 Å². The molecule has 1 aliphatic heterocycles. The number of benzene rings is 2. The summed E-state index contributed by atoms with van der Waals surface area (Å²) in [5.74, 6) is 0.115. The van der Waals surface area contributed by atoms with Crippen molar-refractivity contribution in [3.63, 3.8) is 0 Å². The molecule has 1 heterocycles. The maximum absolute atomic E-state index is 12.6. The van der Waals surface area contributed by atoms with E-state index in [0.29, 0.717) is 26.2 Å². The predicted molar refractivity (Wildman–Crippen MR) is 99.0 cm³/mol. The van der Waals surface area contributed by atoms with E-state index >= 15 is 0 Å². The van der Waals surface area contributed by atoms with Crippen LogP contribution < -0.4 is 0 Å². The average Bonchev–Trinajstić information content (AvgIpc) is 2.64. The van der Waals surface area contributed by atoms with E-state index in [0.717, 1.165) is 11.1 Å². The summed E-state index contributed by atoms with van der Waals surface area (Å²) in [4.78, 5) is 14.1. The van der Waals surface area contributed by atoms with Gasteiger partial charge >= 0.3 is 0 Å². The molecule has 7 heteroatoms. The van der Waals surface area contributed by atoms with E-state index in [2.05, 4.69) is 0 Å². The van der Waals surface area contributed by atoms with Crippen LogP contribution in [-0.4, -0.2) is 54.8 Å². The number of rotatable bonds is 5. The van der Waals surface area contributed by atoms with Gasteiger partial charge in [-0.3, -0.25) is 4.79 Å². The number of nitrogens with zero attached hydrogens (tertiary/aromatic N) is 2. The lowest BCUT2D eigenvalue weighted by Gasteiger charge is -2.34. The van der Waals surface area contributed by atoms with Crippen LogP contribution in [0.1, 0.15) is 11.1 Å². The normalized spacial score (nSPS) is 15.8. The Morgan fingerprint density at radius 2 is 1.50 bits per heavy atom. The topological polar surface area (TPSA) is 77.9 Å². The highest BCUT2D eigenvalue weighted by Crippen LogP contribution is 2.15. The zero-order valence-electron chi connectivity index (χ0n) is 14.4. The number of sulfonamides is 1. The molecule has 1 amide bonds. The van der Waals surface area contributed by atoms with Crippen molar-refractivity contribution in [3.05, 3.63) is 65.7 Å². The summed E-state index contributed by atoms with van der Waals surface area (Å²) in [6, 6.07) is 15.6. The van der Waals surface area contributed by atoms with E-state index in [1.54, 1.807) is 41.3 Å². The van der Waals surface area contributed by atoms with Crippen molar-refractivity contribution in [3.8, 4) is 5.75 Å². The van der Waals surface area contributed by atoms with Crippen LogP contribution in [-0.2, 0) is 27.0 Å². The summed E-state index contributed by atoms with van der Waals surface area (Å²) in [5.41, 5.74) is 1.59. The Kier molecular flexibility index (Phi) is 5.58. The minimum atomic E-state index is -3.38. The van der Waals surface area contributed by atoms with E-state index < -0.39 is 10.0 Å². The van der Waals surface area contributed by atoms with Crippen LogP contribution in [0.3, 0.4) is 0 Å². The van der Waals surface area contributed by atoms with Gasteiger partial charge in [0, 0.05) is 26.2 Å². The molecule has 1 fully saturated rings. The average molecular weight is 374 g/mol. The van der Waals surface area contributed by atoms with Gasteiger partial charge in [-0.25, -0.2) is 8.42 Å². The minimum Gasteiger partial charge on any atom is -0.508 e. The second-order valence-corrected chi connectivity index (χ2v) is 8.33. The zero-order chi connectivity index (χ0) is 18.6. The largest absolute Gasteiger partial charge is 0.508 e. The molecule has 0 saturated carbocycles. The Labute approximate surface area is 153 Å². The molecule has 0 aromatic heterocycles. The lowest BCUT2D eigenvalue weighted by Crippen LogP contribution is -2.51. The van der Waals surface area contributed by atoms with E-state index in [1.165, 1.54) is 4.31 Å². The molecule has 0 atom stereocenters. The van der Waals surface area contributed by atoms with E-state index in [-0.39, 0.29) is 23.8 Å². The van der Waals surface area contributed by atoms with Crippen molar-refractivity contribution in [2.75, 3.05) is 26.2 Å². The Bertz CT molecular complexity index is 843. The van der Waals surface area contributed by atoms with Crippen LogP contribution in [0.4, 0.5) is 0 Å². The standard InChI is InChI=1S/C19H22N2O4S/c22-18-8-6-16(7-9-18)14-19(23)20-10-12-21(13-11-20)26(24,25)15-17-4-2-1-3-5-17/h1-9,22H,10-15H2. The first-order valence-electron chi connectivity index (χ1n) is 8.51. The van der Waals surface area contributed by atoms with Crippen LogP contribution in [0.15, 0.2) is 54.6 Å². The summed E-state index contributed by atoms with van der Waals surface area (Å²) in [6.07, 6.45) is 0.247. The number of hydrogen-bond donors (Lipinski definition) is 1. The van der Waals surface area contributed by atoms with E-state index in [1.807, 2.05) is 18.2 Å². The van der Waals surface area contributed by atoms with Gasteiger partial charge in [-0.15, -0.1) is 0 Å². The highest BCUT2D eigenvalue weighted by Gasteiger charge is 2.28. The molecule has 138 valence electrons. The van der Waals surface area contributed by atoms with Crippen LogP contribution >= 0.6 is 0 Å². The fourth-order valence-corrected chi connectivity index (χ4v) is 4.51. The molecule has 0 unspecified atom stereocenters. The smallest absolute Gasteiger partial charge is 0.227 e. The van der Waals surface area contributed by atoms with Crippen LogP contribution in [0, 0.1) is 0 Å². The van der Waals surface area contributed by atoms with Gasteiger partial charge in [0.25, 0.3) is 0 Å². The highest BCUT2D eigenvalue weighted by atomic mass is 32.2. The fraction of sp³-hybridized carbons (Fsp3) is 0.316. The first kappa shape index (κ1) is 18.4. The first-order chi connectivity index (χ1) is 12.4. The van der Waals surface area contributed by atoms with Gasteiger partial charge in [0.2, 0.25) is 15.9 Å². The number of phenols is 1. The monoisotopic (exact) mass is 374 g/mol. The third-order valence-electron chi connectivity index (χ3n) is 4.47. The predicted octanol–water partition coefficient (Wildman–Crippen LogP) is 1.61. The maximum atomic E-state index is 12.6. The molecular weight excluding hydrogens is 352 g/mol. The summed E-state index contributed by atoms with van der Waals surface area (Å²) >= 11 is 0. The quantitative estimate of drug-likeness (QED) is 0.863. The van der Waals surface area contributed by atoms with Crippen molar-refractivity contribution in [1.29, 1.82) is 0 Å². The maximum Gasteiger partial charge on any atom is 0.227 e. The number of piperazine rings is 1. The molecule has 0 radical (unpaired) electrons. The number of carbonyl (C=O) groups is 1. The van der Waals surface area contributed by atoms with Gasteiger partial charge in [-0.1, -0.05) is 42.5 Å². The molecule has 0 spiro atoms. The van der Waals surface area contributed by atoms with Crippen LogP contribution in [0.2, 0.25) is 0 Å². The van der Waals surface area contributed by atoms with E-state index in [9.17, 15) is 18.3 Å². The van der Waals surface area contributed by atoms with Crippen molar-refractivity contribution in [2.24, 2.45) is 0 Å². The van der Waals surface area contributed by atoms with Crippen molar-refractivity contribution >= 4 is 15.9 Å². The summed E-state index contributed by atoms with van der Waals surface area (Å²) in [7, 11) is -3.38. The summed E-state index contributed by atoms with van der Waals surface area (Å²) in [5, 5.41) is 9.29. The summed E-state index contributed by atoms with van der Waals surface area (Å²) < 4.78 is 26.6. The van der Waals surface area contributed by atoms with Crippen molar-refractivity contribution in [2.45, 2.75) is 12.2 Å². The van der Waals surface area contributed by atoms with Crippen molar-refractivity contribution < 1.29 is 18.3 Å². The second kappa shape index (κ2) is 7.88. The zero-order valence-corrected chi connectivity index (χ0v) is 15.2. The second-order valence-electron chi connectivity index (χ2n) is 6.36. The van der Waals surface area contributed by atoms with Gasteiger partial charge in [0.15, 0.2) is 0 Å². The number of phenolic OH excluding ortho intramolecular Hbond substituents is 1. The van der Waals surface area contributed by atoms with Crippen molar-refractivity contribution in [1.82, 2.24) is 9.21 Å². The van der Waals surface area contributed by atoms with E-state index in [4.69, 9.17) is 0 Å². The molecule has 1 N–H and O–H groups in total. The lowest BCUT2D eigenvalue weighted by atomic mass is 10.1. The first-order valence-corrected chi connectivity index (χ1v) is 10.1. The van der Waals surface area contributed by atoms with Gasteiger partial charge in [-0.2, -0.15) is 4.31 Å². The van der Waals surface area contributed by atoms with Gasteiger partial charge in [0.1, 0.15) is 5.75 Å². The van der Waals surface area contributed by atoms with Crippen LogP contribution in [0.5, 0.6) is 5.75 Å². The molecule has 6 nitrogen and oxygen atoms in total. The highest BCUT2D eigenvalue weighted by molar-refractivity contribution is 7.88. The molecule has 2 aromatic carbocycles. The van der Waals surface area contributed by atoms with Gasteiger partial charge < -0.3 is 10.0 Å². The van der Waals surface area contributed by atoms with Crippen LogP contribution in [0.25, 0.3) is 0 Å². The third kappa shape index (κ3) is 4.62. The molecular formula is C19H22N2O4S. The SMILES string of the molecule is O=C(Cc1ccc(O)cc1)N1CCN(S(=O)(=O)Cc2ccccc2)CC1. The summed E-state index contributed by atoms with van der Waals surface area (Å²) in [6.45, 7) is 1.42. The Balaban J connectivity index is 1.54. The number of carbonyl (C=O) groups excluding carboxylic acids is 1. The Hall–Kier alpha value is -2.38. The minimum absolute atomic E-state index is 0.0186. The molecule has 3 rings (SSSR count). The number of aromatic hydroxyl groups is 1. The van der Waals surface area contributed by atoms with Gasteiger partial charge in [0.05, 0.1) is 12.2 Å². The fourth-order valence-electron chi connectivity index (χ4n) is 2.99. The molecule has 0 bridgehead atoms. The Morgan fingerprint density at radius 3 is 2.12 bits per heavy atom. The molecule has 0 aliphatic carbocycles. The molecule has 1 aliphatic rings. The third-order valence-corrected chi connectivity index (χ3v) is 6.32. The number of hydrogen-bond acceptors (Lipinski definition) is 4. The molecule has 2 aromatic rings. The lowest BCUT2D eigenvalue weighted by molar-refractivity contribution is -0.131. The molecule has 1 saturated heterocycles. The Morgan fingerprint density at radius 1 is 0.885 bits per heavy atom.